The first-order chi connectivity index (χ1) is 37.8. The third-order valence-corrected chi connectivity index (χ3v) is 17.3. The van der Waals surface area contributed by atoms with Crippen molar-refractivity contribution in [2.75, 3.05) is 44.8 Å². The number of pyridine rings is 1. The van der Waals surface area contributed by atoms with E-state index in [-0.39, 0.29) is 63.3 Å². The van der Waals surface area contributed by atoms with Crippen LogP contribution in [-0.4, -0.2) is 122 Å². The number of aromatic hydroxyl groups is 1. The summed E-state index contributed by atoms with van der Waals surface area (Å²) >= 11 is 1.62. The number of methoxy groups -OCH3 is 1. The van der Waals surface area contributed by atoms with Crippen LogP contribution in [0.25, 0.3) is 43.4 Å². The van der Waals surface area contributed by atoms with Gasteiger partial charge in [-0.3, -0.25) is 19.5 Å². The van der Waals surface area contributed by atoms with Gasteiger partial charge in [-0.05, 0) is 118 Å². The predicted octanol–water partition coefficient (Wildman–Crippen LogP) is 9.48. The summed E-state index contributed by atoms with van der Waals surface area (Å²) in [5.74, 6) is 1.56. The van der Waals surface area contributed by atoms with Crippen LogP contribution in [0.2, 0.25) is 0 Å². The van der Waals surface area contributed by atoms with Crippen LogP contribution >= 0.6 is 11.3 Å². The van der Waals surface area contributed by atoms with Crippen molar-refractivity contribution in [3.63, 3.8) is 0 Å². The number of ether oxygens (including phenoxy) is 2. The Morgan fingerprint density at radius 3 is 2.49 bits per heavy atom. The molecule has 19 heteroatoms. The number of rotatable bonds is 13. The summed E-state index contributed by atoms with van der Waals surface area (Å²) in [6.07, 6.45) is 15.6. The van der Waals surface area contributed by atoms with E-state index >= 15 is 4.39 Å². The molecule has 5 saturated heterocycles. The van der Waals surface area contributed by atoms with Crippen LogP contribution in [0.15, 0.2) is 70.8 Å². The molecule has 7 aromatic rings. The fraction of sp³-hybridized carbons (Fsp3) is 0.441. The molecule has 0 radical (unpaired) electrons. The molecule has 7 unspecified atom stereocenters. The average molecular weight is 1080 g/mol. The molecule has 2 amide bonds. The summed E-state index contributed by atoms with van der Waals surface area (Å²) in [5.41, 5.74) is 5.07. The molecule has 16 nitrogen and oxygen atoms in total. The van der Waals surface area contributed by atoms with Crippen molar-refractivity contribution < 1.29 is 37.5 Å². The maximum absolute atomic E-state index is 16.1. The Morgan fingerprint density at radius 1 is 0.974 bits per heavy atom. The number of carbonyl (C=O) groups is 2. The highest BCUT2D eigenvalue weighted by atomic mass is 32.1. The molecular formula is C59H64F2N10O6S. The number of phenolic OH excluding ortho intramolecular Hbond substituents is 1. The van der Waals surface area contributed by atoms with Gasteiger partial charge in [-0.25, -0.2) is 13.8 Å². The number of halogens is 2. The van der Waals surface area contributed by atoms with Crippen molar-refractivity contribution in [2.24, 2.45) is 5.92 Å². The average Bonchev–Trinajstić information content (AvgIpc) is 4.46. The number of aryl methyl sites for hydroxylation is 1. The number of nitrogens with one attached hydrogen (secondary N) is 2. The van der Waals surface area contributed by atoms with Gasteiger partial charge in [-0.1, -0.05) is 50.1 Å². The van der Waals surface area contributed by atoms with Gasteiger partial charge in [0.25, 0.3) is 5.88 Å². The van der Waals surface area contributed by atoms with Crippen molar-refractivity contribution >= 4 is 50.6 Å². The van der Waals surface area contributed by atoms with Gasteiger partial charge in [0.15, 0.2) is 11.6 Å². The number of piperazine rings is 1. The van der Waals surface area contributed by atoms with Gasteiger partial charge >= 0.3 is 6.01 Å². The van der Waals surface area contributed by atoms with Crippen molar-refractivity contribution in [1.82, 2.24) is 45.5 Å². The minimum absolute atomic E-state index is 0.0258. The third kappa shape index (κ3) is 10.3. The summed E-state index contributed by atoms with van der Waals surface area (Å²) in [6, 6.07) is 16.6. The number of nitrogens with zero attached hydrogens (tertiary/aromatic N) is 8. The van der Waals surface area contributed by atoms with E-state index in [1.54, 1.807) is 22.3 Å². The zero-order valence-electron chi connectivity index (χ0n) is 44.5. The quantitative estimate of drug-likeness (QED) is 0.0928. The number of likely N-dealkylation sites (tertiary alicyclic amines) is 1. The maximum Gasteiger partial charge on any atom is 0.318 e. The van der Waals surface area contributed by atoms with Crippen LogP contribution in [0, 0.1) is 36.8 Å². The summed E-state index contributed by atoms with van der Waals surface area (Å²) in [4.78, 5) is 52.6. The monoisotopic (exact) mass is 1080 g/mol. The molecule has 2 bridgehead atoms. The van der Waals surface area contributed by atoms with E-state index < -0.39 is 23.6 Å². The molecule has 5 aliphatic heterocycles. The lowest BCUT2D eigenvalue weighted by atomic mass is 9.91. The van der Waals surface area contributed by atoms with Crippen LogP contribution in [0.1, 0.15) is 107 Å². The predicted molar refractivity (Wildman–Crippen MR) is 294 cm³/mol. The highest BCUT2D eigenvalue weighted by Gasteiger charge is 2.42. The minimum atomic E-state index is -0.735. The highest BCUT2D eigenvalue weighted by molar-refractivity contribution is 7.13. The van der Waals surface area contributed by atoms with Gasteiger partial charge < -0.3 is 39.5 Å². The molecule has 9 heterocycles. The number of fused-ring (bicyclic) bond motifs is 5. The van der Waals surface area contributed by atoms with Crippen molar-refractivity contribution in [3.05, 3.63) is 101 Å². The molecule has 0 spiro atoms. The second-order valence-electron chi connectivity index (χ2n) is 21.6. The van der Waals surface area contributed by atoms with Gasteiger partial charge in [0, 0.05) is 67.0 Å². The lowest BCUT2D eigenvalue weighted by Gasteiger charge is -2.34. The largest absolute Gasteiger partial charge is 0.508 e. The standard InChI is InChI=1S/C33H43N5O4S.C26H21F2N5O2/c1-20(2)30(28-17-29(36-42-28)41-18-26-14-13-25-7-5-15-37(25)26)33(40)38-16-6-8-27(38)32(39)35-21(3)23-9-11-24(12-10-23)31-22(4)34-19-43-31;1-3-17-20(27)7-4-13-8-16(34)9-18(21(13)17)23-22(28)24-19(10-29-23)25(32-26(31-24)35-2)33-11-14-5-6-15(12-33)30-14/h9-12,17,19-21,25-27,30H,5-8,13-16,18H2,1-4H3,(H,35,39);1,4,7-10,14-15,30,34H,5-6,11-12H2,2H3. The number of thiazole rings is 1. The summed E-state index contributed by atoms with van der Waals surface area (Å²) in [7, 11) is 1.43. The fourth-order valence-electron chi connectivity index (χ4n) is 12.4. The number of benzene rings is 3. The number of anilines is 1. The van der Waals surface area contributed by atoms with Gasteiger partial charge in [-0.2, -0.15) is 9.97 Å². The van der Waals surface area contributed by atoms with E-state index in [9.17, 15) is 19.1 Å². The fourth-order valence-corrected chi connectivity index (χ4v) is 13.2. The van der Waals surface area contributed by atoms with Gasteiger partial charge in [-0.15, -0.1) is 17.8 Å². The Bertz CT molecular complexity index is 3410. The summed E-state index contributed by atoms with van der Waals surface area (Å²) in [5, 5.41) is 22.4. The van der Waals surface area contributed by atoms with Crippen LogP contribution in [0.4, 0.5) is 14.6 Å². The molecule has 4 aromatic heterocycles. The van der Waals surface area contributed by atoms with Crippen LogP contribution < -0.4 is 25.0 Å². The number of terminal acetylenes is 1. The zero-order chi connectivity index (χ0) is 54.4. The molecule has 0 aliphatic carbocycles. The summed E-state index contributed by atoms with van der Waals surface area (Å²) < 4.78 is 47.7. The molecule has 5 aliphatic rings. The lowest BCUT2D eigenvalue weighted by molar-refractivity contribution is -0.141. The Kier molecular flexibility index (Phi) is 15.0. The molecule has 78 heavy (non-hydrogen) atoms. The second kappa shape index (κ2) is 22.2. The Morgan fingerprint density at radius 2 is 1.76 bits per heavy atom. The van der Waals surface area contributed by atoms with Gasteiger partial charge in [0.1, 0.15) is 47.2 Å². The first-order valence-electron chi connectivity index (χ1n) is 27.1. The number of aromatic nitrogens is 5. The van der Waals surface area contributed by atoms with E-state index in [4.69, 9.17) is 20.4 Å². The Balaban J connectivity index is 0.000000169. The first-order valence-corrected chi connectivity index (χ1v) is 27.9. The van der Waals surface area contributed by atoms with Crippen molar-refractivity contribution in [3.8, 4) is 51.7 Å². The maximum atomic E-state index is 16.1. The van der Waals surface area contributed by atoms with Crippen molar-refractivity contribution in [2.45, 2.75) is 121 Å². The number of phenols is 1. The first kappa shape index (κ1) is 52.8. The molecule has 0 saturated carbocycles. The van der Waals surface area contributed by atoms with E-state index in [1.807, 2.05) is 45.3 Å². The number of amides is 2. The SMILES string of the molecule is C#Cc1c(F)ccc2cc(O)cc(-c3ncc4c(N5CC6CCC(C5)N6)nc(OC)nc4c3F)c12.Cc1ncsc1-c1ccc(C(C)NC(=O)C2CCCN2C(=O)C(c2cc(OCC3CCC4CCCN43)no2)C(C)C)cc1. The van der Waals surface area contributed by atoms with Crippen LogP contribution in [0.5, 0.6) is 17.6 Å². The Labute approximate surface area is 455 Å². The van der Waals surface area contributed by atoms with E-state index in [1.165, 1.54) is 56.8 Å². The van der Waals surface area contributed by atoms with Crippen LogP contribution in [0.3, 0.4) is 0 Å². The molecule has 406 valence electrons. The highest BCUT2D eigenvalue weighted by Crippen LogP contribution is 2.40. The molecule has 3 N–H and O–H groups in total. The number of carbonyl (C=O) groups excluding carboxylic acids is 2. The van der Waals surface area contributed by atoms with Gasteiger partial charge in [0.2, 0.25) is 11.8 Å². The van der Waals surface area contributed by atoms with Crippen molar-refractivity contribution in [1.29, 1.82) is 0 Å². The minimum Gasteiger partial charge on any atom is -0.508 e. The lowest BCUT2D eigenvalue weighted by Crippen LogP contribution is -2.51. The molecule has 3 aromatic carbocycles. The van der Waals surface area contributed by atoms with E-state index in [0.717, 1.165) is 67.0 Å². The summed E-state index contributed by atoms with van der Waals surface area (Å²) in [6.45, 7) is 11.7. The smallest absolute Gasteiger partial charge is 0.318 e. The zero-order valence-corrected chi connectivity index (χ0v) is 45.3. The number of hydrogen-bond donors (Lipinski definition) is 3. The van der Waals surface area contributed by atoms with Gasteiger partial charge in [0.05, 0.1) is 40.2 Å². The topological polar surface area (TPSA) is 184 Å². The molecule has 12 rings (SSSR count). The second-order valence-corrected chi connectivity index (χ2v) is 22.4. The molecule has 7 atom stereocenters. The third-order valence-electron chi connectivity index (χ3n) is 16.3. The van der Waals surface area contributed by atoms with Crippen LogP contribution in [-0.2, 0) is 9.59 Å². The molecule has 5 fully saturated rings. The van der Waals surface area contributed by atoms with E-state index in [2.05, 4.69) is 63.6 Å². The normalized spacial score (nSPS) is 21.6. The van der Waals surface area contributed by atoms with E-state index in [0.29, 0.717) is 72.0 Å². The molecular weight excluding hydrogens is 1010 g/mol. The number of hydrogen-bond acceptors (Lipinski definition) is 15. The Hall–Kier alpha value is -7.27.